The van der Waals surface area contributed by atoms with E-state index >= 15 is 0 Å². The fourth-order valence-corrected chi connectivity index (χ4v) is 1.82. The number of aromatic carboxylic acids is 1. The van der Waals surface area contributed by atoms with Gasteiger partial charge in [-0.25, -0.2) is 9.78 Å². The molecule has 0 bridgehead atoms. The van der Waals surface area contributed by atoms with E-state index in [4.69, 9.17) is 5.11 Å². The molecule has 0 radical (unpaired) electrons. The summed E-state index contributed by atoms with van der Waals surface area (Å²) in [5.41, 5.74) is 0.838. The zero-order valence-electron chi connectivity index (χ0n) is 11.0. The molecule has 0 aliphatic heterocycles. The molecule has 1 heterocycles. The predicted molar refractivity (Wildman–Crippen MR) is 69.9 cm³/mol. The third kappa shape index (κ3) is 4.33. The number of nitrogens with one attached hydrogen (secondary N) is 1. The van der Waals surface area contributed by atoms with E-state index < -0.39 is 5.97 Å². The fraction of sp³-hybridized carbons (Fsp3) is 0.538. The molecule has 0 fully saturated rings. The van der Waals surface area contributed by atoms with Crippen LogP contribution >= 0.6 is 0 Å². The van der Waals surface area contributed by atoms with Crippen LogP contribution in [0.2, 0.25) is 0 Å². The van der Waals surface area contributed by atoms with Crippen LogP contribution < -0.4 is 5.32 Å². The second-order valence-electron chi connectivity index (χ2n) is 4.84. The number of aryl methyl sites for hydroxylation is 1. The lowest BCUT2D eigenvalue weighted by molar-refractivity contribution is 0.0696. The molecule has 0 aliphatic rings. The predicted octanol–water partition coefficient (Wildman–Crippen LogP) is 1.91. The number of carboxylic acids is 1. The van der Waals surface area contributed by atoms with Gasteiger partial charge in [0.15, 0.2) is 0 Å². The van der Waals surface area contributed by atoms with Crippen LogP contribution in [0.25, 0.3) is 0 Å². The van der Waals surface area contributed by atoms with Crippen molar-refractivity contribution >= 4 is 11.8 Å². The molecule has 100 valence electrons. The SMILES string of the molecule is Cc1cc(C(=O)O)cc(NC(CO)CC(C)C)n1. The van der Waals surface area contributed by atoms with Gasteiger partial charge in [0.2, 0.25) is 0 Å². The number of carbonyl (C=O) groups is 1. The van der Waals surface area contributed by atoms with Crippen LogP contribution in [0.15, 0.2) is 12.1 Å². The first-order chi connectivity index (χ1) is 8.42. The molecule has 1 aromatic rings. The fourth-order valence-electron chi connectivity index (χ4n) is 1.82. The van der Waals surface area contributed by atoms with E-state index in [9.17, 15) is 9.90 Å². The molecule has 0 saturated heterocycles. The standard InChI is InChI=1S/C13H20N2O3/c1-8(2)4-11(7-16)15-12-6-10(13(17)18)5-9(3)14-12/h5-6,8,11,16H,4,7H2,1-3H3,(H,14,15)(H,17,18). The lowest BCUT2D eigenvalue weighted by Gasteiger charge is -2.19. The van der Waals surface area contributed by atoms with Crippen LogP contribution in [0.5, 0.6) is 0 Å². The number of rotatable bonds is 6. The molecule has 1 aromatic heterocycles. The van der Waals surface area contributed by atoms with Gasteiger partial charge >= 0.3 is 5.97 Å². The van der Waals surface area contributed by atoms with E-state index in [1.165, 1.54) is 12.1 Å². The Morgan fingerprint density at radius 3 is 2.61 bits per heavy atom. The van der Waals surface area contributed by atoms with E-state index in [2.05, 4.69) is 24.1 Å². The van der Waals surface area contributed by atoms with E-state index in [0.29, 0.717) is 17.4 Å². The van der Waals surface area contributed by atoms with Gasteiger partial charge in [0.25, 0.3) is 0 Å². The van der Waals surface area contributed by atoms with Crippen LogP contribution in [0.3, 0.4) is 0 Å². The molecule has 5 heteroatoms. The van der Waals surface area contributed by atoms with E-state index in [0.717, 1.165) is 6.42 Å². The summed E-state index contributed by atoms with van der Waals surface area (Å²) in [7, 11) is 0. The van der Waals surface area contributed by atoms with Crippen LogP contribution in [-0.2, 0) is 0 Å². The number of carboxylic acid groups (broad SMARTS) is 1. The van der Waals surface area contributed by atoms with Gasteiger partial charge in [-0.1, -0.05) is 13.8 Å². The highest BCUT2D eigenvalue weighted by atomic mass is 16.4. The Morgan fingerprint density at radius 2 is 2.11 bits per heavy atom. The van der Waals surface area contributed by atoms with Crippen molar-refractivity contribution in [3.05, 3.63) is 23.4 Å². The Balaban J connectivity index is 2.85. The van der Waals surface area contributed by atoms with Crippen molar-refractivity contribution in [3.8, 4) is 0 Å². The number of hydrogen-bond acceptors (Lipinski definition) is 4. The zero-order valence-corrected chi connectivity index (χ0v) is 11.0. The summed E-state index contributed by atoms with van der Waals surface area (Å²) in [5.74, 6) is -0.0431. The minimum absolute atomic E-state index is 0.00376. The van der Waals surface area contributed by atoms with Crippen molar-refractivity contribution in [2.24, 2.45) is 5.92 Å². The number of aliphatic hydroxyl groups excluding tert-OH is 1. The Morgan fingerprint density at radius 1 is 1.44 bits per heavy atom. The first kappa shape index (κ1) is 14.4. The first-order valence-electron chi connectivity index (χ1n) is 6.01. The van der Waals surface area contributed by atoms with Crippen LogP contribution in [-0.4, -0.2) is 33.8 Å². The number of aromatic nitrogens is 1. The van der Waals surface area contributed by atoms with Gasteiger partial charge in [-0.05, 0) is 31.4 Å². The van der Waals surface area contributed by atoms with Crippen molar-refractivity contribution in [2.45, 2.75) is 33.2 Å². The van der Waals surface area contributed by atoms with Crippen molar-refractivity contribution in [1.82, 2.24) is 4.98 Å². The molecule has 0 spiro atoms. The maximum atomic E-state index is 10.9. The molecular formula is C13H20N2O3. The van der Waals surface area contributed by atoms with Gasteiger partial charge in [0, 0.05) is 5.69 Å². The van der Waals surface area contributed by atoms with Gasteiger partial charge in [-0.3, -0.25) is 0 Å². The maximum absolute atomic E-state index is 10.9. The molecular weight excluding hydrogens is 232 g/mol. The molecule has 5 nitrogen and oxygen atoms in total. The Kier molecular flexibility index (Phi) is 5.09. The van der Waals surface area contributed by atoms with Crippen LogP contribution in [0.1, 0.15) is 36.3 Å². The number of nitrogens with zero attached hydrogens (tertiary/aromatic N) is 1. The quantitative estimate of drug-likeness (QED) is 0.720. The summed E-state index contributed by atoms with van der Waals surface area (Å²) in [6, 6.07) is 2.89. The molecule has 1 rings (SSSR count). The van der Waals surface area contributed by atoms with Gasteiger partial charge in [0.1, 0.15) is 5.82 Å². The number of anilines is 1. The van der Waals surface area contributed by atoms with Crippen molar-refractivity contribution in [2.75, 3.05) is 11.9 Å². The summed E-state index contributed by atoms with van der Waals surface area (Å²) < 4.78 is 0. The summed E-state index contributed by atoms with van der Waals surface area (Å²) in [6.07, 6.45) is 0.800. The molecule has 1 unspecified atom stereocenters. The van der Waals surface area contributed by atoms with Gasteiger partial charge in [-0.2, -0.15) is 0 Å². The molecule has 0 amide bonds. The lowest BCUT2D eigenvalue weighted by Crippen LogP contribution is -2.26. The minimum atomic E-state index is -0.979. The number of aliphatic hydroxyl groups is 1. The Bertz CT molecular complexity index is 419. The summed E-state index contributed by atoms with van der Waals surface area (Å²) in [4.78, 5) is 15.2. The molecule has 0 aromatic carbocycles. The molecule has 18 heavy (non-hydrogen) atoms. The molecule has 3 N–H and O–H groups in total. The van der Waals surface area contributed by atoms with Crippen molar-refractivity contribution in [1.29, 1.82) is 0 Å². The van der Waals surface area contributed by atoms with Gasteiger partial charge < -0.3 is 15.5 Å². The number of pyridine rings is 1. The van der Waals surface area contributed by atoms with E-state index in [-0.39, 0.29) is 18.2 Å². The number of hydrogen-bond donors (Lipinski definition) is 3. The average Bonchev–Trinajstić information content (AvgIpc) is 2.26. The van der Waals surface area contributed by atoms with Gasteiger partial charge in [0.05, 0.1) is 18.2 Å². The summed E-state index contributed by atoms with van der Waals surface area (Å²) >= 11 is 0. The lowest BCUT2D eigenvalue weighted by atomic mass is 10.0. The van der Waals surface area contributed by atoms with E-state index in [1.807, 2.05) is 0 Å². The highest BCUT2D eigenvalue weighted by Crippen LogP contribution is 2.14. The Labute approximate surface area is 107 Å². The van der Waals surface area contributed by atoms with Crippen molar-refractivity contribution < 1.29 is 15.0 Å². The van der Waals surface area contributed by atoms with Crippen LogP contribution in [0, 0.1) is 12.8 Å². The van der Waals surface area contributed by atoms with E-state index in [1.54, 1.807) is 6.92 Å². The minimum Gasteiger partial charge on any atom is -0.478 e. The average molecular weight is 252 g/mol. The second kappa shape index (κ2) is 6.35. The van der Waals surface area contributed by atoms with Crippen LogP contribution in [0.4, 0.5) is 5.82 Å². The highest BCUT2D eigenvalue weighted by Gasteiger charge is 2.12. The summed E-state index contributed by atoms with van der Waals surface area (Å²) in [5, 5.41) is 21.3. The molecule has 0 aliphatic carbocycles. The normalized spacial score (nSPS) is 12.5. The third-order valence-corrected chi connectivity index (χ3v) is 2.53. The monoisotopic (exact) mass is 252 g/mol. The van der Waals surface area contributed by atoms with Crippen molar-refractivity contribution in [3.63, 3.8) is 0 Å². The topological polar surface area (TPSA) is 82.5 Å². The third-order valence-electron chi connectivity index (χ3n) is 2.53. The molecule has 1 atom stereocenters. The zero-order chi connectivity index (χ0) is 13.7. The maximum Gasteiger partial charge on any atom is 0.335 e. The largest absolute Gasteiger partial charge is 0.478 e. The second-order valence-corrected chi connectivity index (χ2v) is 4.84. The highest BCUT2D eigenvalue weighted by molar-refractivity contribution is 5.88. The Hall–Kier alpha value is -1.62. The molecule has 0 saturated carbocycles. The first-order valence-corrected chi connectivity index (χ1v) is 6.01. The summed E-state index contributed by atoms with van der Waals surface area (Å²) in [6.45, 7) is 5.87. The smallest absolute Gasteiger partial charge is 0.335 e. The van der Waals surface area contributed by atoms with Gasteiger partial charge in [-0.15, -0.1) is 0 Å².